The predicted molar refractivity (Wildman–Crippen MR) is 120 cm³/mol. The Hall–Kier alpha value is -2.41. The SMILES string of the molecule is CN(C)c1ccc(C(=O)N2CCC[C@H](c3nc(CCNC(=O)C4CC4)cs3)C2)cc1. The van der Waals surface area contributed by atoms with Gasteiger partial charge in [0.25, 0.3) is 5.91 Å². The third-order valence-corrected chi connectivity index (χ3v) is 6.94. The molecule has 7 heteroatoms. The predicted octanol–water partition coefficient (Wildman–Crippen LogP) is 3.30. The summed E-state index contributed by atoms with van der Waals surface area (Å²) in [6, 6.07) is 7.81. The summed E-state index contributed by atoms with van der Waals surface area (Å²) >= 11 is 1.68. The second-order valence-corrected chi connectivity index (χ2v) is 9.41. The van der Waals surface area contributed by atoms with Gasteiger partial charge in [-0.05, 0) is 49.9 Å². The Bertz CT molecular complexity index is 889. The Balaban J connectivity index is 1.32. The lowest BCUT2D eigenvalue weighted by Crippen LogP contribution is -2.39. The van der Waals surface area contributed by atoms with Crippen molar-refractivity contribution in [2.24, 2.45) is 5.92 Å². The maximum Gasteiger partial charge on any atom is 0.253 e. The molecule has 1 atom stereocenters. The number of nitrogens with zero attached hydrogens (tertiary/aromatic N) is 3. The molecule has 1 saturated heterocycles. The molecule has 2 aromatic rings. The molecule has 0 radical (unpaired) electrons. The summed E-state index contributed by atoms with van der Waals surface area (Å²) in [6.07, 6.45) is 4.89. The summed E-state index contributed by atoms with van der Waals surface area (Å²) in [5.41, 5.74) is 2.87. The summed E-state index contributed by atoms with van der Waals surface area (Å²) < 4.78 is 0. The fourth-order valence-electron chi connectivity index (χ4n) is 3.88. The van der Waals surface area contributed by atoms with Crippen molar-refractivity contribution in [2.75, 3.05) is 38.6 Å². The van der Waals surface area contributed by atoms with Crippen LogP contribution < -0.4 is 10.2 Å². The Kier molecular flexibility index (Phi) is 6.37. The van der Waals surface area contributed by atoms with Gasteiger partial charge in [-0.2, -0.15) is 0 Å². The van der Waals surface area contributed by atoms with Gasteiger partial charge >= 0.3 is 0 Å². The van der Waals surface area contributed by atoms with Crippen molar-refractivity contribution < 1.29 is 9.59 Å². The van der Waals surface area contributed by atoms with Crippen LogP contribution in [-0.4, -0.2) is 55.4 Å². The molecule has 1 aromatic carbocycles. The molecule has 0 spiro atoms. The Morgan fingerprint density at radius 2 is 1.97 bits per heavy atom. The molecule has 0 unspecified atom stereocenters. The highest BCUT2D eigenvalue weighted by Gasteiger charge is 2.29. The molecular weight excluding hydrogens is 396 g/mol. The van der Waals surface area contributed by atoms with Crippen LogP contribution in [0.3, 0.4) is 0 Å². The summed E-state index contributed by atoms with van der Waals surface area (Å²) in [6.45, 7) is 2.17. The van der Waals surface area contributed by atoms with E-state index in [1.165, 1.54) is 0 Å². The molecule has 1 aliphatic carbocycles. The first-order valence-corrected chi connectivity index (χ1v) is 11.7. The standard InChI is InChI=1S/C23H30N4O2S/c1-26(2)20-9-7-17(8-10-20)23(29)27-13-3-4-18(14-27)22-25-19(15-30-22)11-12-24-21(28)16-5-6-16/h7-10,15-16,18H,3-6,11-14H2,1-2H3,(H,24,28)/t18-/m0/s1. The summed E-state index contributed by atoms with van der Waals surface area (Å²) in [7, 11) is 3.99. The average Bonchev–Trinajstić information content (AvgIpc) is 3.52. The van der Waals surface area contributed by atoms with Crippen LogP contribution in [0, 0.1) is 5.92 Å². The highest BCUT2D eigenvalue weighted by Crippen LogP contribution is 2.31. The minimum absolute atomic E-state index is 0.101. The van der Waals surface area contributed by atoms with Gasteiger partial charge in [0.15, 0.2) is 0 Å². The molecule has 160 valence electrons. The van der Waals surface area contributed by atoms with E-state index < -0.39 is 0 Å². The van der Waals surface area contributed by atoms with Crippen molar-refractivity contribution in [3.05, 3.63) is 45.9 Å². The van der Waals surface area contributed by atoms with Crippen LogP contribution in [0.4, 0.5) is 5.69 Å². The van der Waals surface area contributed by atoms with E-state index in [1.807, 2.05) is 48.2 Å². The van der Waals surface area contributed by atoms with Gasteiger partial charge in [0.1, 0.15) is 0 Å². The number of nitrogens with one attached hydrogen (secondary N) is 1. The van der Waals surface area contributed by atoms with E-state index >= 15 is 0 Å². The van der Waals surface area contributed by atoms with Gasteiger partial charge in [0, 0.05) is 68.6 Å². The highest BCUT2D eigenvalue weighted by molar-refractivity contribution is 7.09. The van der Waals surface area contributed by atoms with Crippen LogP contribution >= 0.6 is 11.3 Å². The van der Waals surface area contributed by atoms with Gasteiger partial charge in [-0.15, -0.1) is 11.3 Å². The van der Waals surface area contributed by atoms with E-state index in [2.05, 4.69) is 10.7 Å². The Morgan fingerprint density at radius 1 is 1.20 bits per heavy atom. The second-order valence-electron chi connectivity index (χ2n) is 8.52. The van der Waals surface area contributed by atoms with Gasteiger partial charge in [-0.1, -0.05) is 0 Å². The lowest BCUT2D eigenvalue weighted by Gasteiger charge is -2.32. The number of thiazole rings is 1. The monoisotopic (exact) mass is 426 g/mol. The van der Waals surface area contributed by atoms with Gasteiger partial charge < -0.3 is 15.1 Å². The summed E-state index contributed by atoms with van der Waals surface area (Å²) in [5.74, 6) is 0.833. The molecule has 0 bridgehead atoms. The first-order valence-electron chi connectivity index (χ1n) is 10.8. The van der Waals surface area contributed by atoms with E-state index in [0.717, 1.165) is 67.1 Å². The molecule has 1 N–H and O–H groups in total. The molecule has 4 rings (SSSR count). The normalized spacial score (nSPS) is 18.9. The van der Waals surface area contributed by atoms with E-state index in [1.54, 1.807) is 11.3 Å². The number of likely N-dealkylation sites (tertiary alicyclic amines) is 1. The molecular formula is C23H30N4O2S. The lowest BCUT2D eigenvalue weighted by molar-refractivity contribution is -0.122. The molecule has 30 heavy (non-hydrogen) atoms. The van der Waals surface area contributed by atoms with E-state index in [4.69, 9.17) is 4.98 Å². The molecule has 2 heterocycles. The Morgan fingerprint density at radius 3 is 2.67 bits per heavy atom. The largest absolute Gasteiger partial charge is 0.378 e. The Labute approximate surface area is 182 Å². The lowest BCUT2D eigenvalue weighted by atomic mass is 9.98. The second kappa shape index (κ2) is 9.16. The van der Waals surface area contributed by atoms with Gasteiger partial charge in [-0.3, -0.25) is 9.59 Å². The number of rotatable bonds is 7. The average molecular weight is 427 g/mol. The van der Waals surface area contributed by atoms with Crippen molar-refractivity contribution in [1.29, 1.82) is 0 Å². The molecule has 2 amide bonds. The van der Waals surface area contributed by atoms with Crippen LogP contribution in [0.25, 0.3) is 0 Å². The molecule has 1 aliphatic heterocycles. The molecule has 1 aromatic heterocycles. The molecule has 1 saturated carbocycles. The third-order valence-electron chi connectivity index (χ3n) is 5.89. The summed E-state index contributed by atoms with van der Waals surface area (Å²) in [4.78, 5) is 33.5. The zero-order valence-electron chi connectivity index (χ0n) is 17.8. The van der Waals surface area contributed by atoms with Crippen molar-refractivity contribution in [2.45, 2.75) is 38.0 Å². The molecule has 6 nitrogen and oxygen atoms in total. The van der Waals surface area contributed by atoms with Gasteiger partial charge in [0.05, 0.1) is 10.7 Å². The van der Waals surface area contributed by atoms with Crippen LogP contribution in [-0.2, 0) is 11.2 Å². The van der Waals surface area contributed by atoms with E-state index in [-0.39, 0.29) is 17.7 Å². The molecule has 2 fully saturated rings. The maximum absolute atomic E-state index is 13.0. The van der Waals surface area contributed by atoms with Crippen LogP contribution in [0.2, 0.25) is 0 Å². The first kappa shape index (κ1) is 20.8. The number of benzene rings is 1. The van der Waals surface area contributed by atoms with E-state index in [0.29, 0.717) is 12.5 Å². The van der Waals surface area contributed by atoms with Crippen molar-refractivity contribution in [3.63, 3.8) is 0 Å². The number of amides is 2. The fraction of sp³-hybridized carbons (Fsp3) is 0.522. The summed E-state index contributed by atoms with van der Waals surface area (Å²) in [5, 5.41) is 6.21. The zero-order chi connectivity index (χ0) is 21.1. The first-order chi connectivity index (χ1) is 14.5. The smallest absolute Gasteiger partial charge is 0.253 e. The van der Waals surface area contributed by atoms with Crippen molar-refractivity contribution >= 4 is 28.8 Å². The topological polar surface area (TPSA) is 65.5 Å². The van der Waals surface area contributed by atoms with Gasteiger partial charge in [0.2, 0.25) is 5.91 Å². The highest BCUT2D eigenvalue weighted by atomic mass is 32.1. The number of carbonyl (C=O) groups is 2. The minimum atomic E-state index is 0.101. The number of carbonyl (C=O) groups excluding carboxylic acids is 2. The third kappa shape index (κ3) is 5.01. The quantitative estimate of drug-likeness (QED) is 0.738. The fourth-order valence-corrected chi connectivity index (χ4v) is 4.86. The van der Waals surface area contributed by atoms with Crippen LogP contribution in [0.15, 0.2) is 29.6 Å². The number of piperidine rings is 1. The van der Waals surface area contributed by atoms with Crippen molar-refractivity contribution in [1.82, 2.24) is 15.2 Å². The number of hydrogen-bond acceptors (Lipinski definition) is 5. The minimum Gasteiger partial charge on any atom is -0.378 e. The van der Waals surface area contributed by atoms with Crippen molar-refractivity contribution in [3.8, 4) is 0 Å². The number of hydrogen-bond donors (Lipinski definition) is 1. The number of anilines is 1. The van der Waals surface area contributed by atoms with Gasteiger partial charge in [-0.25, -0.2) is 4.98 Å². The van der Waals surface area contributed by atoms with Crippen LogP contribution in [0.1, 0.15) is 52.7 Å². The number of aromatic nitrogens is 1. The van der Waals surface area contributed by atoms with Crippen LogP contribution in [0.5, 0.6) is 0 Å². The van der Waals surface area contributed by atoms with E-state index in [9.17, 15) is 9.59 Å². The zero-order valence-corrected chi connectivity index (χ0v) is 18.6. The maximum atomic E-state index is 13.0. The molecule has 2 aliphatic rings.